The van der Waals surface area contributed by atoms with Crippen LogP contribution in [0.25, 0.3) is 0 Å². The Bertz CT molecular complexity index is 317. The van der Waals surface area contributed by atoms with Crippen molar-refractivity contribution in [1.82, 2.24) is 4.90 Å². The van der Waals surface area contributed by atoms with Gasteiger partial charge < -0.3 is 10.0 Å². The molecule has 96 valence electrons. The van der Waals surface area contributed by atoms with Gasteiger partial charge in [-0.3, -0.25) is 9.59 Å². The van der Waals surface area contributed by atoms with E-state index in [1.807, 2.05) is 11.8 Å². The molecule has 0 bridgehead atoms. The predicted octanol–water partition coefficient (Wildman–Crippen LogP) is 2.03. The zero-order valence-corrected chi connectivity index (χ0v) is 10.4. The molecule has 17 heavy (non-hydrogen) atoms. The molecule has 0 unspecified atom stereocenters. The van der Waals surface area contributed by atoms with Crippen molar-refractivity contribution in [3.8, 4) is 0 Å². The maximum atomic E-state index is 12.3. The lowest BCUT2D eigenvalue weighted by Gasteiger charge is -2.35. The number of carboxylic acids is 1. The molecule has 0 aromatic heterocycles. The van der Waals surface area contributed by atoms with Gasteiger partial charge in [-0.2, -0.15) is 0 Å². The fourth-order valence-corrected chi connectivity index (χ4v) is 2.88. The van der Waals surface area contributed by atoms with Crippen LogP contribution in [0.2, 0.25) is 0 Å². The molecular weight excluding hydrogens is 218 g/mol. The molecule has 2 saturated carbocycles. The average molecular weight is 239 g/mol. The van der Waals surface area contributed by atoms with Gasteiger partial charge in [-0.15, -0.1) is 0 Å². The maximum absolute atomic E-state index is 12.3. The van der Waals surface area contributed by atoms with Crippen LogP contribution in [0.15, 0.2) is 0 Å². The van der Waals surface area contributed by atoms with Gasteiger partial charge in [0, 0.05) is 12.6 Å². The number of hydrogen-bond acceptors (Lipinski definition) is 2. The van der Waals surface area contributed by atoms with E-state index in [2.05, 4.69) is 0 Å². The third-order valence-corrected chi connectivity index (χ3v) is 4.19. The van der Waals surface area contributed by atoms with Gasteiger partial charge >= 0.3 is 5.97 Å². The second kappa shape index (κ2) is 4.67. The van der Waals surface area contributed by atoms with E-state index in [9.17, 15) is 9.59 Å². The monoisotopic (exact) mass is 239 g/mol. The molecule has 0 aromatic rings. The van der Waals surface area contributed by atoms with E-state index in [0.29, 0.717) is 19.4 Å². The molecule has 4 nitrogen and oxygen atoms in total. The number of carbonyl (C=O) groups is 2. The number of nitrogens with zero attached hydrogens (tertiary/aromatic N) is 1. The fourth-order valence-electron chi connectivity index (χ4n) is 2.88. The zero-order valence-electron chi connectivity index (χ0n) is 10.4. The van der Waals surface area contributed by atoms with E-state index in [0.717, 1.165) is 25.7 Å². The highest BCUT2D eigenvalue weighted by Crippen LogP contribution is 2.48. The topological polar surface area (TPSA) is 57.6 Å². The molecule has 0 spiro atoms. The molecule has 0 atom stereocenters. The van der Waals surface area contributed by atoms with Gasteiger partial charge in [0.05, 0.1) is 0 Å². The fraction of sp³-hybridized carbons (Fsp3) is 0.846. The van der Waals surface area contributed by atoms with Gasteiger partial charge in [0.25, 0.3) is 0 Å². The van der Waals surface area contributed by atoms with Crippen molar-refractivity contribution in [3.63, 3.8) is 0 Å². The Balaban J connectivity index is 2.07. The molecule has 4 heteroatoms. The summed E-state index contributed by atoms with van der Waals surface area (Å²) in [4.78, 5) is 25.3. The van der Waals surface area contributed by atoms with Crippen molar-refractivity contribution < 1.29 is 14.7 Å². The van der Waals surface area contributed by atoms with Crippen LogP contribution in [0.5, 0.6) is 0 Å². The summed E-state index contributed by atoms with van der Waals surface area (Å²) in [6.45, 7) is 2.59. The van der Waals surface area contributed by atoms with Gasteiger partial charge in [0.15, 0.2) is 0 Å². The average Bonchev–Trinajstić information content (AvgIpc) is 3.12. The minimum atomic E-state index is -1.06. The standard InChI is InChI=1S/C13H21NO3/c1-2-14(10-6-4-3-5-7-10)11(15)13(8-9-13)12(16)17/h10H,2-9H2,1H3,(H,16,17). The van der Waals surface area contributed by atoms with E-state index >= 15 is 0 Å². The zero-order chi connectivity index (χ0) is 12.5. The largest absolute Gasteiger partial charge is 0.480 e. The van der Waals surface area contributed by atoms with Crippen LogP contribution in [0.1, 0.15) is 51.9 Å². The Morgan fingerprint density at radius 1 is 1.24 bits per heavy atom. The van der Waals surface area contributed by atoms with Crippen LogP contribution in [0.4, 0.5) is 0 Å². The Labute approximate surface area is 102 Å². The number of hydrogen-bond donors (Lipinski definition) is 1. The number of carboxylic acid groups (broad SMARTS) is 1. The maximum Gasteiger partial charge on any atom is 0.319 e. The van der Waals surface area contributed by atoms with E-state index in [4.69, 9.17) is 5.11 Å². The van der Waals surface area contributed by atoms with Crippen LogP contribution < -0.4 is 0 Å². The Hall–Kier alpha value is -1.06. The predicted molar refractivity (Wildman–Crippen MR) is 63.6 cm³/mol. The lowest BCUT2D eigenvalue weighted by atomic mass is 9.92. The molecule has 2 fully saturated rings. The summed E-state index contributed by atoms with van der Waals surface area (Å²) in [6, 6.07) is 0.276. The molecule has 2 rings (SSSR count). The van der Waals surface area contributed by atoms with Crippen molar-refractivity contribution in [2.75, 3.05) is 6.54 Å². The summed E-state index contributed by atoms with van der Waals surface area (Å²) in [5.74, 6) is -1.07. The number of carbonyl (C=O) groups excluding carboxylic acids is 1. The Kier molecular flexibility index (Phi) is 3.40. The molecule has 2 aliphatic carbocycles. The van der Waals surface area contributed by atoms with E-state index < -0.39 is 11.4 Å². The Morgan fingerprint density at radius 3 is 2.24 bits per heavy atom. The lowest BCUT2D eigenvalue weighted by molar-refractivity contribution is -0.154. The first-order chi connectivity index (χ1) is 8.12. The summed E-state index contributed by atoms with van der Waals surface area (Å²) >= 11 is 0. The molecule has 0 aromatic carbocycles. The summed E-state index contributed by atoms with van der Waals surface area (Å²) in [5.41, 5.74) is -1.06. The first kappa shape index (κ1) is 12.4. The highest BCUT2D eigenvalue weighted by molar-refractivity contribution is 6.04. The minimum absolute atomic E-state index is 0.139. The van der Waals surface area contributed by atoms with Crippen LogP contribution in [-0.4, -0.2) is 34.5 Å². The number of amides is 1. The van der Waals surface area contributed by atoms with Crippen LogP contribution >= 0.6 is 0 Å². The number of aliphatic carboxylic acids is 1. The van der Waals surface area contributed by atoms with Crippen LogP contribution in [0, 0.1) is 5.41 Å². The van der Waals surface area contributed by atoms with E-state index in [-0.39, 0.29) is 11.9 Å². The van der Waals surface area contributed by atoms with Crippen LogP contribution in [0.3, 0.4) is 0 Å². The van der Waals surface area contributed by atoms with Crippen molar-refractivity contribution in [2.24, 2.45) is 5.41 Å². The van der Waals surface area contributed by atoms with Crippen molar-refractivity contribution in [3.05, 3.63) is 0 Å². The molecular formula is C13H21NO3. The van der Waals surface area contributed by atoms with E-state index in [1.165, 1.54) is 6.42 Å². The van der Waals surface area contributed by atoms with E-state index in [1.54, 1.807) is 0 Å². The molecule has 1 amide bonds. The first-order valence-electron chi connectivity index (χ1n) is 6.66. The lowest BCUT2D eigenvalue weighted by Crippen LogP contribution is -2.47. The van der Waals surface area contributed by atoms with Gasteiger partial charge in [-0.25, -0.2) is 0 Å². The Morgan fingerprint density at radius 2 is 1.82 bits per heavy atom. The summed E-state index contributed by atoms with van der Waals surface area (Å²) in [7, 11) is 0. The van der Waals surface area contributed by atoms with Gasteiger partial charge in [-0.05, 0) is 32.6 Å². The highest BCUT2D eigenvalue weighted by Gasteiger charge is 2.58. The van der Waals surface area contributed by atoms with Crippen LogP contribution in [-0.2, 0) is 9.59 Å². The summed E-state index contributed by atoms with van der Waals surface area (Å²) in [6.07, 6.45) is 6.68. The highest BCUT2D eigenvalue weighted by atomic mass is 16.4. The SMILES string of the molecule is CCN(C(=O)C1(C(=O)O)CC1)C1CCCCC1. The van der Waals surface area contributed by atoms with Crippen molar-refractivity contribution in [1.29, 1.82) is 0 Å². The van der Waals surface area contributed by atoms with Gasteiger partial charge in [-0.1, -0.05) is 19.3 Å². The minimum Gasteiger partial charge on any atom is -0.480 e. The van der Waals surface area contributed by atoms with Crippen molar-refractivity contribution in [2.45, 2.75) is 57.9 Å². The van der Waals surface area contributed by atoms with Gasteiger partial charge in [0.1, 0.15) is 5.41 Å². The molecule has 0 heterocycles. The van der Waals surface area contributed by atoms with Gasteiger partial charge in [0.2, 0.25) is 5.91 Å². The third-order valence-electron chi connectivity index (χ3n) is 4.19. The first-order valence-corrected chi connectivity index (χ1v) is 6.66. The smallest absolute Gasteiger partial charge is 0.319 e. The summed E-state index contributed by atoms with van der Waals surface area (Å²) < 4.78 is 0. The molecule has 0 radical (unpaired) electrons. The normalized spacial score (nSPS) is 23.1. The summed E-state index contributed by atoms with van der Waals surface area (Å²) in [5, 5.41) is 9.17. The molecule has 2 aliphatic rings. The molecule has 1 N–H and O–H groups in total. The molecule has 0 saturated heterocycles. The second-order valence-electron chi connectivity index (χ2n) is 5.27. The quantitative estimate of drug-likeness (QED) is 0.764. The molecule has 0 aliphatic heterocycles. The number of rotatable bonds is 4. The second-order valence-corrected chi connectivity index (χ2v) is 5.27. The third kappa shape index (κ3) is 2.17. The van der Waals surface area contributed by atoms with Crippen molar-refractivity contribution >= 4 is 11.9 Å².